The molecular weight excluding hydrogens is 912 g/mol. The summed E-state index contributed by atoms with van der Waals surface area (Å²) < 4.78 is 0. The normalized spacial score (nSPS) is 13.9. The molecule has 0 atom stereocenters. The van der Waals surface area contributed by atoms with E-state index in [2.05, 4.69) is 121 Å². The molecule has 8 aromatic carbocycles. The topological polar surface area (TPSA) is 77.6 Å². The van der Waals surface area contributed by atoms with Crippen LogP contribution in [0.2, 0.25) is 0 Å². The Morgan fingerprint density at radius 3 is 0.831 bits per heavy atom. The molecule has 2 aromatic heterocycles. The zero-order chi connectivity index (χ0) is 46.9. The largest absolute Gasteiger partial charge is 2.00 e. The maximum Gasteiger partial charge on any atom is 2.00 e. The van der Waals surface area contributed by atoms with Crippen molar-refractivity contribution >= 4 is 45.9 Å². The van der Waals surface area contributed by atoms with Gasteiger partial charge in [0.1, 0.15) is 0 Å². The van der Waals surface area contributed by atoms with Crippen LogP contribution in [-0.4, -0.2) is 23.1 Å². The van der Waals surface area contributed by atoms with Crippen LogP contribution in [0, 0.1) is 0 Å². The van der Waals surface area contributed by atoms with Crippen molar-refractivity contribution in [2.75, 3.05) is 0 Å². The van der Waals surface area contributed by atoms with Gasteiger partial charge in [0.2, 0.25) is 0 Å². The van der Waals surface area contributed by atoms with Gasteiger partial charge >= 0.3 is 16.8 Å². The average molecular weight is 956 g/mol. The number of hydrogen-bond acceptors (Lipinski definition) is 2. The molecule has 0 aliphatic carbocycles. The van der Waals surface area contributed by atoms with Gasteiger partial charge in [-0.2, -0.15) is 0 Å². The van der Waals surface area contributed by atoms with Gasteiger partial charge < -0.3 is 20.0 Å². The van der Waals surface area contributed by atoms with E-state index in [1.54, 1.807) is 0 Å². The molecule has 2 aliphatic heterocycles. The second-order valence-corrected chi connectivity index (χ2v) is 16.7. The predicted molar refractivity (Wildman–Crippen MR) is 290 cm³/mol. The van der Waals surface area contributed by atoms with Gasteiger partial charge in [-0.3, -0.25) is 9.98 Å². The molecule has 0 amide bonds. The third-order valence-electron chi connectivity index (χ3n) is 12.0. The molecular formula is C64H44CoN6. The summed E-state index contributed by atoms with van der Waals surface area (Å²) in [5, 5.41) is 0. The van der Waals surface area contributed by atoms with Crippen molar-refractivity contribution < 1.29 is 16.8 Å². The third kappa shape index (κ3) is 10.4. The summed E-state index contributed by atoms with van der Waals surface area (Å²) >= 11 is 0. The Bertz CT molecular complexity index is 3340. The van der Waals surface area contributed by atoms with Crippen molar-refractivity contribution in [1.29, 1.82) is 0 Å². The van der Waals surface area contributed by atoms with Crippen LogP contribution in [0.3, 0.4) is 0 Å². The van der Waals surface area contributed by atoms with E-state index >= 15 is 0 Å². The number of amidine groups is 2. The molecule has 7 heteroatoms. The second kappa shape index (κ2) is 21.5. The fraction of sp³-hybridized carbons (Fsp3) is 0. The van der Waals surface area contributed by atoms with E-state index < -0.39 is 0 Å². The Hall–Kier alpha value is -9.01. The third-order valence-corrected chi connectivity index (χ3v) is 12.0. The van der Waals surface area contributed by atoms with Crippen LogP contribution in [0.25, 0.3) is 55.9 Å². The van der Waals surface area contributed by atoms with E-state index in [9.17, 15) is 0 Å². The molecule has 339 valence electrons. The molecule has 6 nitrogen and oxygen atoms in total. The van der Waals surface area contributed by atoms with Crippen molar-refractivity contribution in [2.24, 2.45) is 20.0 Å². The van der Waals surface area contributed by atoms with Gasteiger partial charge in [0.25, 0.3) is 0 Å². The number of allylic oxidation sites excluding steroid dienone is 2. The van der Waals surface area contributed by atoms with Crippen LogP contribution < -0.4 is 9.97 Å². The van der Waals surface area contributed by atoms with Crippen molar-refractivity contribution in [3.05, 3.63) is 289 Å². The molecule has 0 unspecified atom stereocenters. The Balaban J connectivity index is 0.000000162. The van der Waals surface area contributed by atoms with Crippen LogP contribution in [0.4, 0.5) is 11.6 Å². The Morgan fingerprint density at radius 2 is 0.535 bits per heavy atom. The fourth-order valence-electron chi connectivity index (χ4n) is 8.52. The molecule has 0 fully saturated rings. The molecule has 1 radical (unpaired) electrons. The summed E-state index contributed by atoms with van der Waals surface area (Å²) in [4.78, 5) is 30.0. The van der Waals surface area contributed by atoms with Crippen LogP contribution in [0.15, 0.2) is 287 Å². The minimum Gasteiger partial charge on any atom is -0.435 e. The Kier molecular flexibility index (Phi) is 13.9. The first-order chi connectivity index (χ1) is 34.7. The summed E-state index contributed by atoms with van der Waals surface area (Å²) in [6, 6.07) is 86.3. The van der Waals surface area contributed by atoms with E-state index in [1.165, 1.54) is 0 Å². The molecule has 0 spiro atoms. The molecule has 0 N–H and O–H groups in total. The van der Waals surface area contributed by atoms with Gasteiger partial charge in [0, 0.05) is 22.3 Å². The van der Waals surface area contributed by atoms with Crippen LogP contribution in [0.5, 0.6) is 0 Å². The maximum absolute atomic E-state index is 5.06. The van der Waals surface area contributed by atoms with Crippen LogP contribution >= 0.6 is 0 Å². The molecule has 10 aromatic rings. The van der Waals surface area contributed by atoms with E-state index in [4.69, 9.17) is 29.9 Å². The monoisotopic (exact) mass is 955 g/mol. The predicted octanol–water partition coefficient (Wildman–Crippen LogP) is 15.2. The van der Waals surface area contributed by atoms with Gasteiger partial charge in [-0.25, -0.2) is 0 Å². The molecule has 71 heavy (non-hydrogen) atoms. The van der Waals surface area contributed by atoms with Crippen molar-refractivity contribution in [2.45, 2.75) is 0 Å². The van der Waals surface area contributed by atoms with E-state index in [-0.39, 0.29) is 16.8 Å². The number of benzene rings is 8. The molecule has 0 bridgehead atoms. The molecule has 0 saturated carbocycles. The quantitative estimate of drug-likeness (QED) is 0.137. The standard InChI is InChI=1S/2C32H22N3.Co/c2*1-5-13-23(14-6-1)27-21-29(25-17-9-3-10-18-25)33-31(27)35-32-28(24-15-7-2-8-16-24)22-30(34-32)26-19-11-4-12-20-26;/h2*1-22H;/q2*-1;+2/b2*35-31-;. The van der Waals surface area contributed by atoms with E-state index in [1.807, 2.05) is 146 Å². The maximum atomic E-state index is 5.06. The van der Waals surface area contributed by atoms with Crippen molar-refractivity contribution in [3.8, 4) is 44.8 Å². The number of hydrogen-bond donors (Lipinski definition) is 0. The zero-order valence-electron chi connectivity index (χ0n) is 38.4. The number of aliphatic imine (C=N–C) groups is 4. The number of nitrogens with zero attached hydrogens (tertiary/aromatic N) is 6. The Labute approximate surface area is 424 Å². The number of aromatic nitrogens is 2. The van der Waals surface area contributed by atoms with Crippen LogP contribution in [-0.2, 0) is 16.8 Å². The molecule has 2 aliphatic rings. The summed E-state index contributed by atoms with van der Waals surface area (Å²) in [5.74, 6) is 2.68. The van der Waals surface area contributed by atoms with Gasteiger partial charge in [-0.15, -0.1) is 0 Å². The van der Waals surface area contributed by atoms with Gasteiger partial charge in [0.05, 0.1) is 23.1 Å². The average Bonchev–Trinajstić information content (AvgIpc) is 4.27. The summed E-state index contributed by atoms with van der Waals surface area (Å²) in [6.45, 7) is 0. The first kappa shape index (κ1) is 45.8. The zero-order valence-corrected chi connectivity index (χ0v) is 39.5. The smallest absolute Gasteiger partial charge is 0.435 e. The summed E-state index contributed by atoms with van der Waals surface area (Å²) in [6.07, 6.45) is 4.24. The molecule has 4 heterocycles. The van der Waals surface area contributed by atoms with Gasteiger partial charge in [0.15, 0.2) is 0 Å². The summed E-state index contributed by atoms with van der Waals surface area (Å²) in [5.41, 5.74) is 16.2. The van der Waals surface area contributed by atoms with Gasteiger partial charge in [-0.05, 0) is 79.7 Å². The number of rotatable bonds is 10. The minimum absolute atomic E-state index is 0. The van der Waals surface area contributed by atoms with E-state index in [0.29, 0.717) is 23.3 Å². The van der Waals surface area contributed by atoms with Crippen LogP contribution in [0.1, 0.15) is 22.3 Å². The second-order valence-electron chi connectivity index (χ2n) is 16.7. The first-order valence-electron chi connectivity index (χ1n) is 23.3. The van der Waals surface area contributed by atoms with Crippen molar-refractivity contribution in [3.63, 3.8) is 0 Å². The summed E-state index contributed by atoms with van der Waals surface area (Å²) in [7, 11) is 0. The first-order valence-corrected chi connectivity index (χ1v) is 23.3. The Morgan fingerprint density at radius 1 is 0.282 bits per heavy atom. The SMILES string of the molecule is C1=C(c2ccccc2)/C(=N/c2[n-]c(-c3ccccc3)cc2-c2ccccc2)N=C1c1ccccc1.C1=C(c2ccccc2)/C(=N/c2[n-]c(-c3ccccc3)cc2-c2ccccc2)N=C1c1ccccc1.[Co+2]. The van der Waals surface area contributed by atoms with Gasteiger partial charge in [-0.1, -0.05) is 255 Å². The fourth-order valence-corrected chi connectivity index (χ4v) is 8.52. The molecule has 0 saturated heterocycles. The van der Waals surface area contributed by atoms with Crippen molar-refractivity contribution in [1.82, 2.24) is 9.97 Å². The van der Waals surface area contributed by atoms with E-state index in [0.717, 1.165) is 89.6 Å². The molecule has 12 rings (SSSR count). The minimum atomic E-state index is 0.